The Balaban J connectivity index is 1.69. The summed E-state index contributed by atoms with van der Waals surface area (Å²) >= 11 is 3.38. The lowest BCUT2D eigenvalue weighted by Gasteiger charge is -2.12. The first-order valence-electron chi connectivity index (χ1n) is 9.55. The molecule has 1 aromatic heterocycles. The number of aryl methyl sites for hydroxylation is 2. The largest absolute Gasteiger partial charge is 0.324 e. The zero-order valence-electron chi connectivity index (χ0n) is 16.6. The van der Waals surface area contributed by atoms with Crippen LogP contribution in [0.4, 0.5) is 5.69 Å². The van der Waals surface area contributed by atoms with Crippen molar-refractivity contribution in [3.63, 3.8) is 0 Å². The zero-order valence-corrected chi connectivity index (χ0v) is 18.2. The van der Waals surface area contributed by atoms with E-state index in [1.165, 1.54) is 0 Å². The number of ketones is 1. The van der Waals surface area contributed by atoms with Gasteiger partial charge >= 0.3 is 0 Å². The Bertz CT molecular complexity index is 1260. The normalized spacial score (nSPS) is 10.9. The van der Waals surface area contributed by atoms with Gasteiger partial charge in [-0.2, -0.15) is 0 Å². The predicted octanol–water partition coefficient (Wildman–Crippen LogP) is 5.29. The van der Waals surface area contributed by atoms with E-state index in [-0.39, 0.29) is 24.1 Å². The van der Waals surface area contributed by atoms with Gasteiger partial charge in [0.05, 0.1) is 11.0 Å². The highest BCUT2D eigenvalue weighted by Gasteiger charge is 2.21. The minimum absolute atomic E-state index is 0.00844. The van der Waals surface area contributed by atoms with E-state index in [9.17, 15) is 9.59 Å². The average molecular weight is 462 g/mol. The van der Waals surface area contributed by atoms with Gasteiger partial charge in [0.15, 0.2) is 5.82 Å². The molecule has 6 heteroatoms. The number of hydrogen-bond donors (Lipinski definition) is 1. The lowest BCUT2D eigenvalue weighted by molar-refractivity contribution is -0.116. The van der Waals surface area contributed by atoms with Crippen LogP contribution in [0.3, 0.4) is 0 Å². The second kappa shape index (κ2) is 8.24. The Morgan fingerprint density at radius 2 is 1.73 bits per heavy atom. The van der Waals surface area contributed by atoms with Gasteiger partial charge in [0, 0.05) is 15.7 Å². The number of nitrogens with zero attached hydrogens (tertiary/aromatic N) is 2. The lowest BCUT2D eigenvalue weighted by atomic mass is 10.1. The zero-order chi connectivity index (χ0) is 21.3. The number of anilines is 1. The summed E-state index contributed by atoms with van der Waals surface area (Å²) in [4.78, 5) is 30.5. The molecule has 0 spiro atoms. The van der Waals surface area contributed by atoms with Gasteiger partial charge in [-0.3, -0.25) is 9.59 Å². The summed E-state index contributed by atoms with van der Waals surface area (Å²) in [5.41, 5.74) is 4.76. The standard InChI is InChI=1S/C24H20BrN3O2/c1-15-7-8-16(2)20(13-15)26-22(29)14-28-21-6-4-3-5-19(21)27-24(28)23(30)17-9-11-18(25)12-10-17/h3-13H,14H2,1-2H3,(H,26,29). The molecule has 0 fully saturated rings. The van der Waals surface area contributed by atoms with Crippen molar-refractivity contribution in [2.24, 2.45) is 0 Å². The Kier molecular flexibility index (Phi) is 5.50. The monoisotopic (exact) mass is 461 g/mol. The number of carbonyl (C=O) groups is 2. The van der Waals surface area contributed by atoms with Crippen LogP contribution >= 0.6 is 15.9 Å². The summed E-state index contributed by atoms with van der Waals surface area (Å²) in [6.45, 7) is 3.92. The van der Waals surface area contributed by atoms with Crippen molar-refractivity contribution in [2.75, 3.05) is 5.32 Å². The van der Waals surface area contributed by atoms with Crippen molar-refractivity contribution in [1.29, 1.82) is 0 Å². The number of nitrogens with one attached hydrogen (secondary N) is 1. The van der Waals surface area contributed by atoms with Gasteiger partial charge in [0.2, 0.25) is 11.7 Å². The third-order valence-electron chi connectivity index (χ3n) is 4.93. The molecule has 30 heavy (non-hydrogen) atoms. The molecule has 0 saturated carbocycles. The third-order valence-corrected chi connectivity index (χ3v) is 5.46. The first-order chi connectivity index (χ1) is 14.4. The van der Waals surface area contributed by atoms with Crippen molar-refractivity contribution in [3.05, 3.63) is 93.7 Å². The van der Waals surface area contributed by atoms with Crippen molar-refractivity contribution in [3.8, 4) is 0 Å². The van der Waals surface area contributed by atoms with Gasteiger partial charge in [-0.15, -0.1) is 0 Å². The van der Waals surface area contributed by atoms with Crippen LogP contribution in [-0.2, 0) is 11.3 Å². The number of amides is 1. The molecule has 3 aromatic carbocycles. The summed E-state index contributed by atoms with van der Waals surface area (Å²) in [5.74, 6) is -0.190. The van der Waals surface area contributed by atoms with Gasteiger partial charge in [-0.05, 0) is 67.4 Å². The number of hydrogen-bond acceptors (Lipinski definition) is 3. The molecule has 0 radical (unpaired) electrons. The molecule has 0 atom stereocenters. The van der Waals surface area contributed by atoms with Gasteiger partial charge in [-0.1, -0.05) is 40.2 Å². The Labute approximate surface area is 182 Å². The second-order valence-electron chi connectivity index (χ2n) is 7.21. The number of fused-ring (bicyclic) bond motifs is 1. The van der Waals surface area contributed by atoms with Crippen LogP contribution in [-0.4, -0.2) is 21.2 Å². The first kappa shape index (κ1) is 20.0. The molecule has 1 N–H and O–H groups in total. The molecule has 0 bridgehead atoms. The maximum absolute atomic E-state index is 13.2. The minimum Gasteiger partial charge on any atom is -0.324 e. The number of imidazole rings is 1. The molecule has 0 aliphatic heterocycles. The van der Waals surface area contributed by atoms with Crippen LogP contribution in [0.2, 0.25) is 0 Å². The number of benzene rings is 3. The number of para-hydroxylation sites is 2. The van der Waals surface area contributed by atoms with Crippen LogP contribution in [0.15, 0.2) is 71.2 Å². The van der Waals surface area contributed by atoms with Gasteiger partial charge < -0.3 is 9.88 Å². The smallest absolute Gasteiger partial charge is 0.244 e. The summed E-state index contributed by atoms with van der Waals surface area (Å²) in [6.07, 6.45) is 0. The van der Waals surface area contributed by atoms with Crippen LogP contribution in [0.1, 0.15) is 27.3 Å². The van der Waals surface area contributed by atoms with Crippen molar-refractivity contribution in [2.45, 2.75) is 20.4 Å². The Morgan fingerprint density at radius 3 is 2.50 bits per heavy atom. The molecule has 0 aliphatic carbocycles. The second-order valence-corrected chi connectivity index (χ2v) is 8.13. The fourth-order valence-electron chi connectivity index (χ4n) is 3.34. The number of rotatable bonds is 5. The molecule has 5 nitrogen and oxygen atoms in total. The van der Waals surface area contributed by atoms with E-state index >= 15 is 0 Å². The predicted molar refractivity (Wildman–Crippen MR) is 122 cm³/mol. The quantitative estimate of drug-likeness (QED) is 0.410. The maximum Gasteiger partial charge on any atom is 0.244 e. The number of aromatic nitrogens is 2. The Morgan fingerprint density at radius 1 is 1.00 bits per heavy atom. The maximum atomic E-state index is 13.2. The fraction of sp³-hybridized carbons (Fsp3) is 0.125. The summed E-state index contributed by atoms with van der Waals surface area (Å²) < 4.78 is 2.57. The highest BCUT2D eigenvalue weighted by molar-refractivity contribution is 9.10. The van der Waals surface area contributed by atoms with Crippen molar-refractivity contribution < 1.29 is 9.59 Å². The first-order valence-corrected chi connectivity index (χ1v) is 10.3. The van der Waals surface area contributed by atoms with Crippen LogP contribution in [0, 0.1) is 13.8 Å². The topological polar surface area (TPSA) is 64.0 Å². The Hall–Kier alpha value is -3.25. The molecule has 0 aliphatic rings. The molecular weight excluding hydrogens is 442 g/mol. The summed E-state index contributed by atoms with van der Waals surface area (Å²) in [5, 5.41) is 2.96. The van der Waals surface area contributed by atoms with Gasteiger partial charge in [0.1, 0.15) is 6.54 Å². The van der Waals surface area contributed by atoms with Crippen LogP contribution in [0.25, 0.3) is 11.0 Å². The molecule has 4 rings (SSSR count). The fourth-order valence-corrected chi connectivity index (χ4v) is 3.61. The van der Waals surface area contributed by atoms with E-state index < -0.39 is 0 Å². The van der Waals surface area contributed by atoms with Crippen molar-refractivity contribution in [1.82, 2.24) is 9.55 Å². The highest BCUT2D eigenvalue weighted by atomic mass is 79.9. The molecular formula is C24H20BrN3O2. The molecule has 150 valence electrons. The highest BCUT2D eigenvalue weighted by Crippen LogP contribution is 2.21. The lowest BCUT2D eigenvalue weighted by Crippen LogP contribution is -2.22. The summed E-state index contributed by atoms with van der Waals surface area (Å²) in [7, 11) is 0. The summed E-state index contributed by atoms with van der Waals surface area (Å²) in [6, 6.07) is 20.5. The average Bonchev–Trinajstić information content (AvgIpc) is 3.09. The van der Waals surface area contributed by atoms with E-state index in [1.54, 1.807) is 16.7 Å². The minimum atomic E-state index is -0.224. The molecule has 0 saturated heterocycles. The molecule has 1 heterocycles. The molecule has 0 unspecified atom stereocenters. The van der Waals surface area contributed by atoms with Crippen molar-refractivity contribution >= 4 is 44.3 Å². The van der Waals surface area contributed by atoms with E-state index in [4.69, 9.17) is 0 Å². The van der Waals surface area contributed by atoms with Crippen LogP contribution in [0.5, 0.6) is 0 Å². The van der Waals surface area contributed by atoms with Gasteiger partial charge in [0.25, 0.3) is 0 Å². The van der Waals surface area contributed by atoms with E-state index in [2.05, 4.69) is 26.2 Å². The van der Waals surface area contributed by atoms with E-state index in [1.807, 2.05) is 68.4 Å². The molecule has 4 aromatic rings. The van der Waals surface area contributed by atoms with Crippen LogP contribution < -0.4 is 5.32 Å². The van der Waals surface area contributed by atoms with E-state index in [0.717, 1.165) is 26.8 Å². The molecule has 1 amide bonds. The SMILES string of the molecule is Cc1ccc(C)c(NC(=O)Cn2c(C(=O)c3ccc(Br)cc3)nc3ccccc32)c1. The van der Waals surface area contributed by atoms with Gasteiger partial charge in [-0.25, -0.2) is 4.98 Å². The van der Waals surface area contributed by atoms with E-state index in [0.29, 0.717) is 11.1 Å². The number of halogens is 1. The number of carbonyl (C=O) groups excluding carboxylic acids is 2. The third kappa shape index (κ3) is 4.04.